The molecule has 2 aliphatic rings. The number of aromatic amines is 2. The van der Waals surface area contributed by atoms with Crippen molar-refractivity contribution in [3.05, 3.63) is 144 Å². The Labute approximate surface area is 347 Å². The molecule has 0 saturated carbocycles. The molecule has 0 radical (unpaired) electrons. The van der Waals surface area contributed by atoms with Crippen molar-refractivity contribution in [1.82, 2.24) is 40.6 Å². The van der Waals surface area contributed by atoms with Gasteiger partial charge in [-0.05, 0) is 59.6 Å². The normalized spacial score (nSPS) is 17.2. The van der Waals surface area contributed by atoms with Crippen LogP contribution in [0, 0.1) is 0 Å². The van der Waals surface area contributed by atoms with Gasteiger partial charge in [-0.3, -0.25) is 14.7 Å². The Kier molecular flexibility index (Phi) is 11.7. The Hall–Kier alpha value is -7.22. The number of aromatic nitrogens is 4. The molecule has 6 aromatic rings. The minimum Gasteiger partial charge on any atom is -0.453 e. The number of carbonyl (C=O) groups is 4. The number of nitrogens with zero attached hydrogens (tertiary/aromatic N) is 4. The predicted octanol–water partition coefficient (Wildman–Crippen LogP) is 7.66. The van der Waals surface area contributed by atoms with Crippen molar-refractivity contribution in [2.24, 2.45) is 0 Å². The highest BCUT2D eigenvalue weighted by Gasteiger charge is 2.38. The number of imidazole rings is 1. The van der Waals surface area contributed by atoms with Crippen LogP contribution in [0.5, 0.6) is 0 Å². The van der Waals surface area contributed by atoms with E-state index in [-0.39, 0.29) is 23.9 Å². The van der Waals surface area contributed by atoms with Crippen LogP contribution in [0.25, 0.3) is 33.6 Å². The van der Waals surface area contributed by atoms with Crippen LogP contribution in [0.1, 0.15) is 72.5 Å². The summed E-state index contributed by atoms with van der Waals surface area (Å²) in [4.78, 5) is 64.0. The smallest absolute Gasteiger partial charge is 0.407 e. The molecular formula is C46H46N8O6. The third-order valence-electron chi connectivity index (χ3n) is 11.3. The molecule has 4 heterocycles. The van der Waals surface area contributed by atoms with Gasteiger partial charge in [-0.2, -0.15) is 5.10 Å². The van der Waals surface area contributed by atoms with Gasteiger partial charge in [-0.15, -0.1) is 0 Å². The van der Waals surface area contributed by atoms with Gasteiger partial charge < -0.3 is 34.9 Å². The molecule has 2 aromatic heterocycles. The fraction of sp³-hybridized carbons (Fsp3) is 0.261. The number of likely N-dealkylation sites (tertiary alicyclic amines) is 2. The molecule has 0 spiro atoms. The molecule has 2 unspecified atom stereocenters. The first kappa shape index (κ1) is 39.6. The van der Waals surface area contributed by atoms with Gasteiger partial charge in [0, 0.05) is 18.7 Å². The van der Waals surface area contributed by atoms with E-state index >= 15 is 0 Å². The highest BCUT2D eigenvalue weighted by Crippen LogP contribution is 2.37. The Morgan fingerprint density at radius 1 is 0.650 bits per heavy atom. The van der Waals surface area contributed by atoms with Crippen molar-refractivity contribution in [3.63, 3.8) is 0 Å². The molecule has 4 amide bonds. The average Bonchev–Trinajstić information content (AvgIpc) is 4.15. The molecule has 0 bridgehead atoms. The number of methoxy groups -OCH3 is 2. The molecule has 8 rings (SSSR count). The third kappa shape index (κ3) is 8.35. The molecule has 14 heteroatoms. The van der Waals surface area contributed by atoms with Crippen LogP contribution in [0.2, 0.25) is 0 Å². The summed E-state index contributed by atoms with van der Waals surface area (Å²) in [6.45, 7) is 1.11. The van der Waals surface area contributed by atoms with Crippen LogP contribution >= 0.6 is 0 Å². The summed E-state index contributed by atoms with van der Waals surface area (Å²) in [5, 5.41) is 13.2. The highest BCUT2D eigenvalue weighted by atomic mass is 16.5. The number of amides is 4. The van der Waals surface area contributed by atoms with E-state index in [1.165, 1.54) is 14.2 Å². The number of hydrogen-bond acceptors (Lipinski definition) is 8. The maximum absolute atomic E-state index is 13.9. The SMILES string of the molecule is COC(=O)N[C@H](C(=O)N1CCCC1c1cc(-c2ccc(-c3ccc(-c4cnc(C5CCCN5C(=O)[C@@H](NC(=O)OC)c5ccccc5)[nH]4)cc3)cc2)n[nH]1)c1ccccc1. The lowest BCUT2D eigenvalue weighted by Gasteiger charge is -2.28. The van der Waals surface area contributed by atoms with Crippen molar-refractivity contribution in [2.75, 3.05) is 27.3 Å². The lowest BCUT2D eigenvalue weighted by molar-refractivity contribution is -0.135. The van der Waals surface area contributed by atoms with Crippen molar-refractivity contribution >= 4 is 24.0 Å². The number of rotatable bonds is 11. The number of benzene rings is 4. The largest absolute Gasteiger partial charge is 0.453 e. The van der Waals surface area contributed by atoms with E-state index in [0.29, 0.717) is 30.0 Å². The van der Waals surface area contributed by atoms with Gasteiger partial charge >= 0.3 is 12.2 Å². The molecule has 4 atom stereocenters. The number of hydrogen-bond donors (Lipinski definition) is 4. The number of ether oxygens (including phenoxy) is 2. The van der Waals surface area contributed by atoms with Crippen molar-refractivity contribution < 1.29 is 28.7 Å². The van der Waals surface area contributed by atoms with Crippen LogP contribution < -0.4 is 10.6 Å². The average molecular weight is 807 g/mol. The third-order valence-corrected chi connectivity index (χ3v) is 11.3. The second kappa shape index (κ2) is 17.7. The fourth-order valence-electron chi connectivity index (χ4n) is 8.20. The van der Waals surface area contributed by atoms with Crippen LogP contribution in [0.15, 0.2) is 121 Å². The molecule has 2 saturated heterocycles. The van der Waals surface area contributed by atoms with Gasteiger partial charge in [0.25, 0.3) is 5.91 Å². The molecule has 14 nitrogen and oxygen atoms in total. The van der Waals surface area contributed by atoms with Crippen LogP contribution in [-0.2, 0) is 19.1 Å². The van der Waals surface area contributed by atoms with Gasteiger partial charge in [-0.25, -0.2) is 14.6 Å². The van der Waals surface area contributed by atoms with E-state index in [1.807, 2.05) is 91.0 Å². The quantitative estimate of drug-likeness (QED) is 0.103. The summed E-state index contributed by atoms with van der Waals surface area (Å²) >= 11 is 0. The van der Waals surface area contributed by atoms with Crippen molar-refractivity contribution in [2.45, 2.75) is 49.9 Å². The number of H-pyrrole nitrogens is 2. The molecule has 2 fully saturated rings. The predicted molar refractivity (Wildman–Crippen MR) is 224 cm³/mol. The Balaban J connectivity index is 0.928. The monoisotopic (exact) mass is 806 g/mol. The molecule has 4 aromatic carbocycles. The number of carbonyl (C=O) groups excluding carboxylic acids is 4. The van der Waals surface area contributed by atoms with Crippen LogP contribution in [0.3, 0.4) is 0 Å². The van der Waals surface area contributed by atoms with E-state index in [4.69, 9.17) is 14.5 Å². The maximum atomic E-state index is 13.9. The molecular weight excluding hydrogens is 761 g/mol. The summed E-state index contributed by atoms with van der Waals surface area (Å²) in [5.41, 5.74) is 7.77. The summed E-state index contributed by atoms with van der Waals surface area (Å²) < 4.78 is 9.66. The minimum atomic E-state index is -0.884. The summed E-state index contributed by atoms with van der Waals surface area (Å²) in [6, 6.07) is 34.5. The fourth-order valence-corrected chi connectivity index (χ4v) is 8.20. The van der Waals surface area contributed by atoms with E-state index < -0.39 is 24.3 Å². The van der Waals surface area contributed by atoms with E-state index in [1.54, 1.807) is 16.0 Å². The second-order valence-electron chi connectivity index (χ2n) is 14.9. The molecule has 306 valence electrons. The lowest BCUT2D eigenvalue weighted by Crippen LogP contribution is -2.42. The molecule has 2 aliphatic heterocycles. The van der Waals surface area contributed by atoms with Gasteiger partial charge in [0.1, 0.15) is 17.9 Å². The second-order valence-corrected chi connectivity index (χ2v) is 14.9. The van der Waals surface area contributed by atoms with Gasteiger partial charge in [0.15, 0.2) is 0 Å². The first-order chi connectivity index (χ1) is 29.3. The minimum absolute atomic E-state index is 0.204. The Morgan fingerprint density at radius 3 is 1.67 bits per heavy atom. The van der Waals surface area contributed by atoms with Crippen molar-refractivity contribution in [1.29, 1.82) is 0 Å². The van der Waals surface area contributed by atoms with Gasteiger partial charge in [0.2, 0.25) is 5.91 Å². The zero-order valence-corrected chi connectivity index (χ0v) is 33.3. The van der Waals surface area contributed by atoms with Gasteiger partial charge in [-0.1, -0.05) is 109 Å². The molecule has 4 N–H and O–H groups in total. The van der Waals surface area contributed by atoms with Crippen molar-refractivity contribution in [3.8, 4) is 33.6 Å². The van der Waals surface area contributed by atoms with E-state index in [0.717, 1.165) is 65.0 Å². The van der Waals surface area contributed by atoms with Gasteiger partial charge in [0.05, 0.1) is 49.6 Å². The zero-order valence-electron chi connectivity index (χ0n) is 33.3. The first-order valence-corrected chi connectivity index (χ1v) is 20.0. The van der Waals surface area contributed by atoms with E-state index in [2.05, 4.69) is 50.1 Å². The molecule has 0 aliphatic carbocycles. The van der Waals surface area contributed by atoms with Crippen LogP contribution in [0.4, 0.5) is 9.59 Å². The number of nitrogens with one attached hydrogen (secondary N) is 4. The van der Waals surface area contributed by atoms with E-state index in [9.17, 15) is 19.2 Å². The summed E-state index contributed by atoms with van der Waals surface area (Å²) in [7, 11) is 2.56. The first-order valence-electron chi connectivity index (χ1n) is 20.0. The summed E-state index contributed by atoms with van der Waals surface area (Å²) in [5.74, 6) is 0.275. The summed E-state index contributed by atoms with van der Waals surface area (Å²) in [6.07, 6.45) is 3.61. The number of alkyl carbamates (subject to hydrolysis) is 2. The standard InChI is InChI=1S/C46H46N8O6/c1-59-45(57)49-40(33-11-5-3-6-12-33)43(55)53-25-9-15-38(53)36-27-35(51-52-36)31-21-17-29(18-22-31)30-19-23-32(24-20-30)37-28-47-42(48-37)39-16-10-26-54(39)44(56)41(50-46(58)60-2)34-13-7-4-8-14-34/h3-8,11-14,17-24,27-28,38-41H,9-10,15-16,25-26H2,1-2H3,(H,47,48)(H,49,57)(H,50,58)(H,51,52)/t38?,39?,40-,41-/m0/s1. The Bertz CT molecular complexity index is 2260. The maximum Gasteiger partial charge on any atom is 0.407 e. The molecule has 60 heavy (non-hydrogen) atoms. The zero-order chi connectivity index (χ0) is 41.6. The topological polar surface area (TPSA) is 175 Å². The highest BCUT2D eigenvalue weighted by molar-refractivity contribution is 5.88. The van der Waals surface area contributed by atoms with Crippen LogP contribution in [-0.4, -0.2) is 81.3 Å². The lowest BCUT2D eigenvalue weighted by atomic mass is 10.0. The Morgan fingerprint density at radius 2 is 1.13 bits per heavy atom.